The third kappa shape index (κ3) is 4.53. The number of ether oxygens (including phenoxy) is 2. The minimum atomic E-state index is -3.61. The van der Waals surface area contributed by atoms with Crippen LogP contribution in [0.1, 0.15) is 0 Å². The van der Waals surface area contributed by atoms with E-state index in [9.17, 15) is 8.42 Å². The molecule has 2 heterocycles. The van der Waals surface area contributed by atoms with Gasteiger partial charge < -0.3 is 14.3 Å². The molecular formula is C18H19BrN4O5S. The van der Waals surface area contributed by atoms with Crippen LogP contribution >= 0.6 is 15.9 Å². The Labute approximate surface area is 176 Å². The lowest BCUT2D eigenvalue weighted by atomic mass is 10.3. The highest BCUT2D eigenvalue weighted by molar-refractivity contribution is 9.10. The van der Waals surface area contributed by atoms with E-state index in [0.29, 0.717) is 49.7 Å². The third-order valence-corrected chi connectivity index (χ3v) is 6.74. The van der Waals surface area contributed by atoms with Gasteiger partial charge in [-0.2, -0.15) is 4.31 Å². The summed E-state index contributed by atoms with van der Waals surface area (Å²) < 4.78 is 38.9. The van der Waals surface area contributed by atoms with Crippen LogP contribution in [0.2, 0.25) is 0 Å². The normalized spacial score (nSPS) is 15.5. The van der Waals surface area contributed by atoms with Gasteiger partial charge in [0.15, 0.2) is 6.61 Å². The van der Waals surface area contributed by atoms with Crippen molar-refractivity contribution in [1.82, 2.24) is 19.5 Å². The van der Waals surface area contributed by atoms with Gasteiger partial charge in [0.2, 0.25) is 10.0 Å². The highest BCUT2D eigenvalue weighted by Crippen LogP contribution is 2.21. The van der Waals surface area contributed by atoms with Gasteiger partial charge >= 0.3 is 0 Å². The summed E-state index contributed by atoms with van der Waals surface area (Å²) in [5.41, 5.74) is 1.01. The van der Waals surface area contributed by atoms with Crippen molar-refractivity contribution >= 4 is 37.0 Å². The molecule has 0 spiro atoms. The summed E-state index contributed by atoms with van der Waals surface area (Å²) >= 11 is 3.39. The highest BCUT2D eigenvalue weighted by Gasteiger charge is 2.27. The summed E-state index contributed by atoms with van der Waals surface area (Å²) in [5.74, 6) is 0.713. The predicted octanol–water partition coefficient (Wildman–Crippen LogP) is 1.72. The number of rotatable bonds is 7. The van der Waals surface area contributed by atoms with Crippen molar-refractivity contribution in [3.8, 4) is 5.75 Å². The number of hydrogen-bond donors (Lipinski definition) is 0. The van der Waals surface area contributed by atoms with Crippen LogP contribution in [-0.2, 0) is 14.8 Å². The van der Waals surface area contributed by atoms with E-state index in [1.807, 2.05) is 24.3 Å². The highest BCUT2D eigenvalue weighted by atomic mass is 79.9. The molecular weight excluding hydrogens is 464 g/mol. The molecule has 154 valence electrons. The third-order valence-electron chi connectivity index (χ3n) is 4.36. The molecule has 11 heteroatoms. The quantitative estimate of drug-likeness (QED) is 0.473. The fraction of sp³-hybridized carbons (Fsp3) is 0.333. The Morgan fingerprint density at radius 2 is 1.93 bits per heavy atom. The molecule has 1 fully saturated rings. The zero-order valence-corrected chi connectivity index (χ0v) is 17.8. The molecule has 0 bridgehead atoms. The van der Waals surface area contributed by atoms with Gasteiger partial charge in [0.1, 0.15) is 23.4 Å². The molecule has 0 N–H and O–H groups in total. The fourth-order valence-corrected chi connectivity index (χ4v) is 4.72. The van der Waals surface area contributed by atoms with E-state index in [-0.39, 0.29) is 11.5 Å². The molecule has 0 saturated carbocycles. The molecule has 3 aromatic rings. The summed E-state index contributed by atoms with van der Waals surface area (Å²) in [6, 6.07) is 12.2. The summed E-state index contributed by atoms with van der Waals surface area (Å²) in [6.07, 6.45) is 0. The van der Waals surface area contributed by atoms with E-state index >= 15 is 0 Å². The van der Waals surface area contributed by atoms with Crippen molar-refractivity contribution in [2.45, 2.75) is 4.90 Å². The Hall–Kier alpha value is -2.21. The summed E-state index contributed by atoms with van der Waals surface area (Å²) in [7, 11) is -3.61. The second-order valence-electron chi connectivity index (χ2n) is 6.27. The number of sulfonamides is 1. The largest absolute Gasteiger partial charge is 0.490 e. The van der Waals surface area contributed by atoms with Crippen molar-refractivity contribution in [2.75, 3.05) is 39.5 Å². The fourth-order valence-electron chi connectivity index (χ4n) is 2.91. The first-order chi connectivity index (χ1) is 14.0. The van der Waals surface area contributed by atoms with E-state index in [1.54, 1.807) is 6.07 Å². The average Bonchev–Trinajstić information content (AvgIpc) is 3.14. The summed E-state index contributed by atoms with van der Waals surface area (Å²) in [4.78, 5) is 6.99. The van der Waals surface area contributed by atoms with E-state index in [1.165, 1.54) is 21.3 Å². The second-order valence-corrected chi connectivity index (χ2v) is 9.12. The van der Waals surface area contributed by atoms with Crippen LogP contribution < -0.4 is 9.57 Å². The number of halogens is 1. The van der Waals surface area contributed by atoms with Crippen LogP contribution in [0.25, 0.3) is 11.0 Å². The molecule has 0 aliphatic carbocycles. The molecule has 0 unspecified atom stereocenters. The Kier molecular flexibility index (Phi) is 5.99. The number of benzene rings is 2. The van der Waals surface area contributed by atoms with E-state index in [4.69, 9.17) is 14.3 Å². The number of morpholine rings is 1. The van der Waals surface area contributed by atoms with Gasteiger partial charge in [-0.1, -0.05) is 26.8 Å². The first-order valence-corrected chi connectivity index (χ1v) is 11.2. The van der Waals surface area contributed by atoms with Crippen molar-refractivity contribution < 1.29 is 22.7 Å². The lowest BCUT2D eigenvalue weighted by molar-refractivity contribution is 0.0639. The SMILES string of the molecule is O=S(=O)(c1ccc2nnn(OCCOc3cccc(Br)c3)c2c1)N1CCOCC1. The van der Waals surface area contributed by atoms with Gasteiger partial charge in [0.25, 0.3) is 0 Å². The van der Waals surface area contributed by atoms with Crippen LogP contribution in [0.3, 0.4) is 0 Å². The van der Waals surface area contributed by atoms with Gasteiger partial charge in [-0.15, -0.1) is 5.10 Å². The van der Waals surface area contributed by atoms with Gasteiger partial charge in [0, 0.05) is 17.6 Å². The van der Waals surface area contributed by atoms with Crippen molar-refractivity contribution in [3.05, 3.63) is 46.9 Å². The molecule has 9 nitrogen and oxygen atoms in total. The smallest absolute Gasteiger partial charge is 0.243 e. The average molecular weight is 483 g/mol. The van der Waals surface area contributed by atoms with Gasteiger partial charge in [0.05, 0.1) is 18.1 Å². The molecule has 0 radical (unpaired) electrons. The van der Waals surface area contributed by atoms with E-state index < -0.39 is 10.0 Å². The number of hydrogen-bond acceptors (Lipinski definition) is 7. The van der Waals surface area contributed by atoms with Crippen LogP contribution in [0.5, 0.6) is 5.75 Å². The maximum Gasteiger partial charge on any atom is 0.243 e. The molecule has 0 amide bonds. The molecule has 4 rings (SSSR count). The van der Waals surface area contributed by atoms with Crippen LogP contribution in [0, 0.1) is 0 Å². The maximum absolute atomic E-state index is 12.9. The first kappa shape index (κ1) is 20.1. The molecule has 29 heavy (non-hydrogen) atoms. The van der Waals surface area contributed by atoms with Crippen LogP contribution in [0.4, 0.5) is 0 Å². The molecule has 1 aromatic heterocycles. The summed E-state index contributed by atoms with van der Waals surface area (Å²) in [6.45, 7) is 1.96. The topological polar surface area (TPSA) is 95.8 Å². The molecule has 2 aromatic carbocycles. The second kappa shape index (κ2) is 8.66. The van der Waals surface area contributed by atoms with Gasteiger partial charge in [-0.3, -0.25) is 0 Å². The zero-order valence-electron chi connectivity index (χ0n) is 15.4. The number of nitrogens with zero attached hydrogens (tertiary/aromatic N) is 4. The molecule has 1 aliphatic rings. The van der Waals surface area contributed by atoms with E-state index in [2.05, 4.69) is 26.2 Å². The Balaban J connectivity index is 1.45. The first-order valence-electron chi connectivity index (χ1n) is 8.99. The maximum atomic E-state index is 12.9. The Morgan fingerprint density at radius 1 is 1.10 bits per heavy atom. The lowest BCUT2D eigenvalue weighted by Crippen LogP contribution is -2.40. The van der Waals surface area contributed by atoms with Crippen molar-refractivity contribution in [2.24, 2.45) is 0 Å². The minimum absolute atomic E-state index is 0.171. The zero-order chi connectivity index (χ0) is 20.3. The number of fused-ring (bicyclic) bond motifs is 1. The Morgan fingerprint density at radius 3 is 2.72 bits per heavy atom. The van der Waals surface area contributed by atoms with Crippen LogP contribution in [0.15, 0.2) is 51.8 Å². The molecule has 1 aliphatic heterocycles. The number of aromatic nitrogens is 3. The van der Waals surface area contributed by atoms with Crippen molar-refractivity contribution in [1.29, 1.82) is 0 Å². The van der Waals surface area contributed by atoms with Crippen LogP contribution in [-0.4, -0.2) is 67.4 Å². The monoisotopic (exact) mass is 482 g/mol. The minimum Gasteiger partial charge on any atom is -0.490 e. The van der Waals surface area contributed by atoms with Gasteiger partial charge in [-0.05, 0) is 41.6 Å². The van der Waals surface area contributed by atoms with Gasteiger partial charge in [-0.25, -0.2) is 8.42 Å². The lowest BCUT2D eigenvalue weighted by Gasteiger charge is -2.26. The molecule has 0 atom stereocenters. The van der Waals surface area contributed by atoms with E-state index in [0.717, 1.165) is 4.47 Å². The standard InChI is InChI=1S/C18H19BrN4O5S/c19-14-2-1-3-15(12-14)27-10-11-28-23-18-13-16(4-5-17(18)20-21-23)29(24,25)22-6-8-26-9-7-22/h1-5,12-13H,6-11H2. The Bertz CT molecular complexity index is 1100. The molecule has 1 saturated heterocycles. The predicted molar refractivity (Wildman–Crippen MR) is 108 cm³/mol. The van der Waals surface area contributed by atoms with Crippen molar-refractivity contribution in [3.63, 3.8) is 0 Å². The summed E-state index contributed by atoms with van der Waals surface area (Å²) in [5, 5.41) is 7.96.